The number of ether oxygens (including phenoxy) is 1. The van der Waals surface area contributed by atoms with E-state index in [1.807, 2.05) is 12.1 Å². The Morgan fingerprint density at radius 2 is 2.10 bits per heavy atom. The van der Waals surface area contributed by atoms with Crippen LogP contribution in [0.15, 0.2) is 29.3 Å². The minimum atomic E-state index is 0.133. The minimum Gasteiger partial charge on any atom is -0.373 e. The molecule has 2 heterocycles. The van der Waals surface area contributed by atoms with E-state index in [1.165, 1.54) is 24.9 Å². The predicted octanol–water partition coefficient (Wildman–Crippen LogP) is 1.80. The molecule has 2 aliphatic rings. The first-order valence-corrected chi connectivity index (χ1v) is 7.19. The van der Waals surface area contributed by atoms with Crippen LogP contribution in [0.5, 0.6) is 0 Å². The molecule has 20 heavy (non-hydrogen) atoms. The monoisotopic (exact) mass is 274 g/mol. The van der Waals surface area contributed by atoms with Crippen LogP contribution in [0.4, 0.5) is 11.4 Å². The second-order valence-electron chi connectivity index (χ2n) is 5.59. The molecule has 1 aromatic carbocycles. The number of rotatable bonds is 2. The van der Waals surface area contributed by atoms with Gasteiger partial charge in [-0.25, -0.2) is 0 Å². The molecule has 108 valence electrons. The molecule has 0 radical (unpaired) electrons. The Kier molecular flexibility index (Phi) is 3.53. The topological polar surface area (TPSA) is 62.9 Å². The number of hydrogen-bond donors (Lipinski definition) is 2. The molecule has 0 aliphatic carbocycles. The first-order chi connectivity index (χ1) is 9.71. The molecule has 5 nitrogen and oxygen atoms in total. The minimum absolute atomic E-state index is 0.133. The Balaban J connectivity index is 1.68. The Hall–Kier alpha value is -1.75. The smallest absolute Gasteiger partial charge is 0.192 e. The summed E-state index contributed by atoms with van der Waals surface area (Å²) in [5.41, 5.74) is 8.00. The van der Waals surface area contributed by atoms with Crippen LogP contribution in [0.1, 0.15) is 19.3 Å². The van der Waals surface area contributed by atoms with Crippen LogP contribution in [-0.2, 0) is 4.74 Å². The maximum absolute atomic E-state index is 5.82. The highest BCUT2D eigenvalue weighted by Gasteiger charge is 2.42. The van der Waals surface area contributed by atoms with E-state index < -0.39 is 0 Å². The van der Waals surface area contributed by atoms with E-state index >= 15 is 0 Å². The molecule has 5 heteroatoms. The van der Waals surface area contributed by atoms with Gasteiger partial charge in [0.15, 0.2) is 5.96 Å². The van der Waals surface area contributed by atoms with Gasteiger partial charge in [-0.15, -0.1) is 0 Å². The van der Waals surface area contributed by atoms with Crippen molar-refractivity contribution >= 4 is 17.3 Å². The van der Waals surface area contributed by atoms with E-state index in [1.54, 1.807) is 7.05 Å². The van der Waals surface area contributed by atoms with E-state index in [2.05, 4.69) is 27.3 Å². The maximum atomic E-state index is 5.82. The summed E-state index contributed by atoms with van der Waals surface area (Å²) in [5, 5.41) is 3.04. The van der Waals surface area contributed by atoms with Gasteiger partial charge in [0.1, 0.15) is 0 Å². The van der Waals surface area contributed by atoms with Crippen molar-refractivity contribution in [3.8, 4) is 0 Å². The predicted molar refractivity (Wildman–Crippen MR) is 82.4 cm³/mol. The van der Waals surface area contributed by atoms with Crippen LogP contribution in [0, 0.1) is 0 Å². The largest absolute Gasteiger partial charge is 0.373 e. The third kappa shape index (κ3) is 2.58. The molecule has 0 unspecified atom stereocenters. The van der Waals surface area contributed by atoms with Crippen molar-refractivity contribution in [2.45, 2.75) is 24.9 Å². The quantitative estimate of drug-likeness (QED) is 0.637. The fourth-order valence-corrected chi connectivity index (χ4v) is 2.99. The highest BCUT2D eigenvalue weighted by Crippen LogP contribution is 2.37. The molecule has 0 bridgehead atoms. The Morgan fingerprint density at radius 1 is 1.35 bits per heavy atom. The molecule has 0 saturated carbocycles. The molecule has 1 atom stereocenters. The Labute approximate surface area is 119 Å². The fourth-order valence-electron chi connectivity index (χ4n) is 2.99. The van der Waals surface area contributed by atoms with E-state index in [-0.39, 0.29) is 5.60 Å². The van der Waals surface area contributed by atoms with Crippen LogP contribution in [0.2, 0.25) is 0 Å². The summed E-state index contributed by atoms with van der Waals surface area (Å²) in [5.74, 6) is 0.428. The molecule has 3 N–H and O–H groups in total. The van der Waals surface area contributed by atoms with Crippen molar-refractivity contribution in [1.82, 2.24) is 0 Å². The lowest BCUT2D eigenvalue weighted by atomic mass is 9.85. The molecule has 0 aromatic heterocycles. The van der Waals surface area contributed by atoms with Gasteiger partial charge >= 0.3 is 0 Å². The number of hydrogen-bond acceptors (Lipinski definition) is 3. The van der Waals surface area contributed by atoms with Gasteiger partial charge in [-0.05, 0) is 37.1 Å². The van der Waals surface area contributed by atoms with Gasteiger partial charge in [-0.2, -0.15) is 0 Å². The summed E-state index contributed by atoms with van der Waals surface area (Å²) in [7, 11) is 1.67. The average molecular weight is 274 g/mol. The van der Waals surface area contributed by atoms with Crippen molar-refractivity contribution in [3.05, 3.63) is 24.3 Å². The summed E-state index contributed by atoms with van der Waals surface area (Å²) in [4.78, 5) is 6.31. The summed E-state index contributed by atoms with van der Waals surface area (Å²) in [6, 6.07) is 8.33. The second kappa shape index (κ2) is 5.32. The van der Waals surface area contributed by atoms with E-state index in [0.29, 0.717) is 5.96 Å². The number of nitrogens with one attached hydrogen (secondary N) is 1. The second-order valence-corrected chi connectivity index (χ2v) is 5.59. The Morgan fingerprint density at radius 3 is 2.70 bits per heavy atom. The molecule has 2 aliphatic heterocycles. The first-order valence-electron chi connectivity index (χ1n) is 7.19. The number of benzene rings is 1. The van der Waals surface area contributed by atoms with Crippen LogP contribution in [-0.4, -0.2) is 38.3 Å². The van der Waals surface area contributed by atoms with E-state index in [9.17, 15) is 0 Å². The highest BCUT2D eigenvalue weighted by molar-refractivity contribution is 5.92. The lowest BCUT2D eigenvalue weighted by Gasteiger charge is -2.49. The molecule has 2 saturated heterocycles. The lowest BCUT2D eigenvalue weighted by molar-refractivity contribution is -0.150. The van der Waals surface area contributed by atoms with Gasteiger partial charge in [0.2, 0.25) is 0 Å². The van der Waals surface area contributed by atoms with E-state index in [0.717, 1.165) is 25.4 Å². The number of anilines is 2. The SMILES string of the molecule is CN=C(N)Nc1ccc(N2CCC[C@]3(CCO3)C2)cc1. The van der Waals surface area contributed by atoms with Crippen molar-refractivity contribution in [3.63, 3.8) is 0 Å². The van der Waals surface area contributed by atoms with Gasteiger partial charge in [0.25, 0.3) is 0 Å². The van der Waals surface area contributed by atoms with Gasteiger partial charge in [-0.3, -0.25) is 4.99 Å². The fraction of sp³-hybridized carbons (Fsp3) is 0.533. The van der Waals surface area contributed by atoms with Gasteiger partial charge in [-0.1, -0.05) is 0 Å². The summed E-state index contributed by atoms with van der Waals surface area (Å²) in [6.07, 6.45) is 3.61. The van der Waals surface area contributed by atoms with Crippen molar-refractivity contribution in [2.24, 2.45) is 10.7 Å². The molecule has 1 spiro atoms. The summed E-state index contributed by atoms with van der Waals surface area (Å²) < 4.78 is 5.82. The third-order valence-electron chi connectivity index (χ3n) is 4.25. The van der Waals surface area contributed by atoms with Crippen molar-refractivity contribution in [2.75, 3.05) is 37.0 Å². The first kappa shape index (κ1) is 13.2. The highest BCUT2D eigenvalue weighted by atomic mass is 16.5. The molecule has 1 aromatic rings. The zero-order valence-corrected chi connectivity index (χ0v) is 11.9. The van der Waals surface area contributed by atoms with Crippen molar-refractivity contribution < 1.29 is 4.74 Å². The average Bonchev–Trinajstić information content (AvgIpc) is 2.46. The molecule has 3 rings (SSSR count). The summed E-state index contributed by atoms with van der Waals surface area (Å²) >= 11 is 0. The maximum Gasteiger partial charge on any atom is 0.192 e. The number of nitrogens with two attached hydrogens (primary N) is 1. The van der Waals surface area contributed by atoms with E-state index in [4.69, 9.17) is 10.5 Å². The third-order valence-corrected chi connectivity index (χ3v) is 4.25. The van der Waals surface area contributed by atoms with Gasteiger partial charge in [0, 0.05) is 37.9 Å². The standard InChI is InChI=1S/C15H22N4O/c1-17-14(16)18-12-3-5-13(6-4-12)19-9-2-7-15(11-19)8-10-20-15/h3-6H,2,7-11H2,1H3,(H3,16,17,18)/t15-/m0/s1. The van der Waals surface area contributed by atoms with Gasteiger partial charge < -0.3 is 20.7 Å². The van der Waals surface area contributed by atoms with Crippen molar-refractivity contribution in [1.29, 1.82) is 0 Å². The number of piperidine rings is 1. The summed E-state index contributed by atoms with van der Waals surface area (Å²) in [6.45, 7) is 3.04. The molecular formula is C15H22N4O. The van der Waals surface area contributed by atoms with Crippen LogP contribution >= 0.6 is 0 Å². The molecule has 2 fully saturated rings. The molecular weight excluding hydrogens is 252 g/mol. The number of aliphatic imine (C=N–C) groups is 1. The zero-order chi connectivity index (χ0) is 14.0. The normalized spacial score (nSPS) is 26.4. The lowest BCUT2D eigenvalue weighted by Crippen LogP contribution is -2.56. The zero-order valence-electron chi connectivity index (χ0n) is 11.9. The Bertz CT molecular complexity index is 493. The number of nitrogens with zero attached hydrogens (tertiary/aromatic N) is 2. The number of guanidine groups is 1. The van der Waals surface area contributed by atoms with Crippen LogP contribution < -0.4 is 16.0 Å². The molecule has 0 amide bonds. The van der Waals surface area contributed by atoms with Gasteiger partial charge in [0.05, 0.1) is 12.2 Å². The van der Waals surface area contributed by atoms with Crippen LogP contribution in [0.25, 0.3) is 0 Å². The van der Waals surface area contributed by atoms with Crippen LogP contribution in [0.3, 0.4) is 0 Å².